The Kier molecular flexibility index (Phi) is 6.74. The van der Waals surface area contributed by atoms with Gasteiger partial charge in [-0.2, -0.15) is 0 Å². The molecule has 14 heavy (non-hydrogen) atoms. The van der Waals surface area contributed by atoms with Gasteiger partial charge in [0.05, 0.1) is 5.92 Å². The quantitative estimate of drug-likeness (QED) is 0.615. The van der Waals surface area contributed by atoms with Crippen molar-refractivity contribution in [3.8, 4) is 0 Å². The fraction of sp³-hybridized carbons (Fsp3) is 0.778. The number of carbonyl (C=O) groups is 2. The van der Waals surface area contributed by atoms with Gasteiger partial charge < -0.3 is 14.9 Å². The number of ether oxygens (including phenoxy) is 1. The Morgan fingerprint density at radius 2 is 1.93 bits per heavy atom. The highest BCUT2D eigenvalue weighted by atomic mass is 16.5. The molecule has 5 nitrogen and oxygen atoms in total. The number of carboxylic acid groups (broad SMARTS) is 2. The lowest BCUT2D eigenvalue weighted by molar-refractivity contribution is -0.143. The van der Waals surface area contributed by atoms with Crippen molar-refractivity contribution >= 4 is 11.9 Å². The molecule has 1 atom stereocenters. The van der Waals surface area contributed by atoms with E-state index in [0.29, 0.717) is 25.9 Å². The van der Waals surface area contributed by atoms with Crippen LogP contribution in [0, 0.1) is 5.92 Å². The van der Waals surface area contributed by atoms with E-state index in [1.54, 1.807) is 0 Å². The first-order valence-corrected chi connectivity index (χ1v) is 4.51. The molecule has 0 saturated heterocycles. The molecule has 1 unspecified atom stereocenters. The lowest BCUT2D eigenvalue weighted by Gasteiger charge is -2.10. The van der Waals surface area contributed by atoms with Crippen LogP contribution < -0.4 is 0 Å². The third-order valence-electron chi connectivity index (χ3n) is 1.96. The molecule has 0 radical (unpaired) electrons. The van der Waals surface area contributed by atoms with Crippen molar-refractivity contribution in [2.24, 2.45) is 5.92 Å². The van der Waals surface area contributed by atoms with Crippen molar-refractivity contribution < 1.29 is 24.5 Å². The first-order chi connectivity index (χ1) is 6.57. The molecule has 0 amide bonds. The van der Waals surface area contributed by atoms with Gasteiger partial charge in [0.2, 0.25) is 0 Å². The monoisotopic (exact) mass is 204 g/mol. The van der Waals surface area contributed by atoms with Crippen LogP contribution in [0.15, 0.2) is 0 Å². The Bertz CT molecular complexity index is 190. The molecule has 5 heteroatoms. The van der Waals surface area contributed by atoms with E-state index in [2.05, 4.69) is 0 Å². The summed E-state index contributed by atoms with van der Waals surface area (Å²) in [4.78, 5) is 20.9. The average Bonchev–Trinajstić information content (AvgIpc) is 2.09. The third kappa shape index (κ3) is 6.42. The van der Waals surface area contributed by atoms with Gasteiger partial charge in [0, 0.05) is 20.1 Å². The number of rotatable bonds is 8. The molecular formula is C9H16O5. The van der Waals surface area contributed by atoms with Crippen molar-refractivity contribution in [1.29, 1.82) is 0 Å². The number of aliphatic carboxylic acids is 2. The molecular weight excluding hydrogens is 188 g/mol. The molecule has 0 bridgehead atoms. The highest BCUT2D eigenvalue weighted by Gasteiger charge is 2.16. The molecule has 0 aliphatic heterocycles. The molecule has 0 heterocycles. The normalized spacial score (nSPS) is 12.4. The second-order valence-electron chi connectivity index (χ2n) is 3.10. The number of hydrogen-bond acceptors (Lipinski definition) is 3. The van der Waals surface area contributed by atoms with Crippen molar-refractivity contribution in [3.63, 3.8) is 0 Å². The van der Waals surface area contributed by atoms with Gasteiger partial charge in [0.15, 0.2) is 0 Å². The van der Waals surface area contributed by atoms with E-state index < -0.39 is 17.9 Å². The van der Waals surface area contributed by atoms with Crippen LogP contribution in [0.2, 0.25) is 0 Å². The van der Waals surface area contributed by atoms with E-state index in [1.807, 2.05) is 0 Å². The van der Waals surface area contributed by atoms with Gasteiger partial charge in [-0.05, 0) is 19.3 Å². The molecule has 0 spiro atoms. The molecule has 0 rings (SSSR count). The highest BCUT2D eigenvalue weighted by Crippen LogP contribution is 2.13. The molecule has 0 aromatic rings. The average molecular weight is 204 g/mol. The van der Waals surface area contributed by atoms with Gasteiger partial charge in [-0.1, -0.05) is 0 Å². The Balaban J connectivity index is 3.73. The van der Waals surface area contributed by atoms with Crippen LogP contribution in [0.5, 0.6) is 0 Å². The van der Waals surface area contributed by atoms with E-state index in [9.17, 15) is 9.59 Å². The molecule has 0 fully saturated rings. The smallest absolute Gasteiger partial charge is 0.306 e. The minimum absolute atomic E-state index is 0.0246. The fourth-order valence-corrected chi connectivity index (χ4v) is 1.15. The lowest BCUT2D eigenvalue weighted by Crippen LogP contribution is -2.16. The molecule has 0 aliphatic carbocycles. The first kappa shape index (κ1) is 12.9. The second-order valence-corrected chi connectivity index (χ2v) is 3.10. The van der Waals surface area contributed by atoms with Crippen molar-refractivity contribution in [2.45, 2.75) is 25.7 Å². The molecule has 0 aromatic carbocycles. The van der Waals surface area contributed by atoms with Crippen LogP contribution in [-0.2, 0) is 14.3 Å². The predicted octanol–water partition coefficient (Wildman–Crippen LogP) is 0.979. The molecule has 2 N–H and O–H groups in total. The summed E-state index contributed by atoms with van der Waals surface area (Å²) in [6.45, 7) is 0.393. The number of carboxylic acids is 2. The van der Waals surface area contributed by atoms with Crippen LogP contribution in [0.4, 0.5) is 0 Å². The highest BCUT2D eigenvalue weighted by molar-refractivity contribution is 5.70. The maximum Gasteiger partial charge on any atom is 0.306 e. The van der Waals surface area contributed by atoms with Crippen LogP contribution in [-0.4, -0.2) is 35.9 Å². The summed E-state index contributed by atoms with van der Waals surface area (Å²) in [5.74, 6) is -2.26. The van der Waals surface area contributed by atoms with Crippen LogP contribution in [0.25, 0.3) is 0 Å². The summed E-state index contributed by atoms with van der Waals surface area (Å²) in [6.07, 6.45) is 1.25. The minimum Gasteiger partial charge on any atom is -0.481 e. The van der Waals surface area contributed by atoms with Crippen molar-refractivity contribution in [3.05, 3.63) is 0 Å². The second kappa shape index (κ2) is 7.32. The summed E-state index contributed by atoms with van der Waals surface area (Å²) < 4.78 is 4.77. The van der Waals surface area contributed by atoms with Gasteiger partial charge in [-0.15, -0.1) is 0 Å². The topological polar surface area (TPSA) is 83.8 Å². The van der Waals surface area contributed by atoms with E-state index in [0.717, 1.165) is 0 Å². The lowest BCUT2D eigenvalue weighted by atomic mass is 9.99. The number of hydrogen-bond donors (Lipinski definition) is 2. The predicted molar refractivity (Wildman–Crippen MR) is 49.1 cm³/mol. The Morgan fingerprint density at radius 1 is 1.29 bits per heavy atom. The summed E-state index contributed by atoms with van der Waals surface area (Å²) in [5, 5.41) is 17.1. The fourth-order valence-electron chi connectivity index (χ4n) is 1.15. The zero-order valence-electron chi connectivity index (χ0n) is 8.23. The van der Waals surface area contributed by atoms with Crippen molar-refractivity contribution in [2.75, 3.05) is 13.7 Å². The summed E-state index contributed by atoms with van der Waals surface area (Å²) in [7, 11) is 1.51. The maximum absolute atomic E-state index is 10.7. The summed E-state index contributed by atoms with van der Waals surface area (Å²) in [5.41, 5.74) is 0. The molecule has 0 aliphatic rings. The van der Waals surface area contributed by atoms with Crippen LogP contribution in [0.3, 0.4) is 0 Å². The maximum atomic E-state index is 10.7. The number of methoxy groups -OCH3 is 1. The van der Waals surface area contributed by atoms with Gasteiger partial charge in [0.25, 0.3) is 0 Å². The standard InChI is InChI=1S/C9H16O5/c1-14-6-5-7(9(12)13)3-2-4-8(10)11/h7H,2-6H2,1H3,(H,10,11)(H,12,13). The Labute approximate surface area is 82.7 Å². The zero-order chi connectivity index (χ0) is 11.0. The third-order valence-corrected chi connectivity index (χ3v) is 1.96. The summed E-state index contributed by atoms with van der Waals surface area (Å²) in [6, 6.07) is 0. The Hall–Kier alpha value is -1.10. The van der Waals surface area contributed by atoms with E-state index in [-0.39, 0.29) is 6.42 Å². The van der Waals surface area contributed by atoms with Crippen LogP contribution in [0.1, 0.15) is 25.7 Å². The minimum atomic E-state index is -0.888. The van der Waals surface area contributed by atoms with Crippen LogP contribution >= 0.6 is 0 Å². The summed E-state index contributed by atoms with van der Waals surface area (Å²) >= 11 is 0. The largest absolute Gasteiger partial charge is 0.481 e. The Morgan fingerprint density at radius 3 is 2.36 bits per heavy atom. The van der Waals surface area contributed by atoms with Gasteiger partial charge >= 0.3 is 11.9 Å². The van der Waals surface area contributed by atoms with Gasteiger partial charge in [-0.3, -0.25) is 9.59 Å². The van der Waals surface area contributed by atoms with E-state index in [4.69, 9.17) is 14.9 Å². The molecule has 0 aromatic heterocycles. The van der Waals surface area contributed by atoms with E-state index >= 15 is 0 Å². The molecule has 82 valence electrons. The first-order valence-electron chi connectivity index (χ1n) is 4.51. The SMILES string of the molecule is COCCC(CCCC(=O)O)C(=O)O. The molecule has 0 saturated carbocycles. The van der Waals surface area contributed by atoms with Gasteiger partial charge in [0.1, 0.15) is 0 Å². The van der Waals surface area contributed by atoms with E-state index in [1.165, 1.54) is 7.11 Å². The zero-order valence-corrected chi connectivity index (χ0v) is 8.23. The van der Waals surface area contributed by atoms with Gasteiger partial charge in [-0.25, -0.2) is 0 Å². The van der Waals surface area contributed by atoms with Crippen molar-refractivity contribution in [1.82, 2.24) is 0 Å².